The molecule has 1 N–H and O–H groups in total. The van der Waals surface area contributed by atoms with E-state index < -0.39 is 9.84 Å². The minimum atomic E-state index is -2.90. The molecular formula is C10H17NO2S2. The molecule has 0 radical (unpaired) electrons. The van der Waals surface area contributed by atoms with E-state index in [0.29, 0.717) is 0 Å². The molecule has 0 bridgehead atoms. The topological polar surface area (TPSA) is 46.2 Å². The summed E-state index contributed by atoms with van der Waals surface area (Å²) in [4.78, 5) is 1.23. The molecule has 15 heavy (non-hydrogen) atoms. The van der Waals surface area contributed by atoms with Gasteiger partial charge in [0, 0.05) is 23.2 Å². The van der Waals surface area contributed by atoms with E-state index in [1.165, 1.54) is 11.1 Å². The molecule has 3 nitrogen and oxygen atoms in total. The molecule has 5 heteroatoms. The standard InChI is InChI=1S/C10H17NO2S2/c1-8(7-15(3,12)13)11-9(2)10-5-4-6-14-10/h4-6,8-9,11H,7H2,1-3H3. The van der Waals surface area contributed by atoms with Gasteiger partial charge in [0.15, 0.2) is 0 Å². The minimum Gasteiger partial charge on any atom is -0.306 e. The normalized spacial score (nSPS) is 16.2. The third-order valence-electron chi connectivity index (χ3n) is 2.06. The molecule has 0 aromatic carbocycles. The van der Waals surface area contributed by atoms with Crippen molar-refractivity contribution in [3.63, 3.8) is 0 Å². The number of rotatable bonds is 5. The lowest BCUT2D eigenvalue weighted by molar-refractivity contribution is 0.505. The first-order valence-corrected chi connectivity index (χ1v) is 7.79. The van der Waals surface area contributed by atoms with E-state index in [9.17, 15) is 8.42 Å². The van der Waals surface area contributed by atoms with Crippen LogP contribution in [0.1, 0.15) is 24.8 Å². The Morgan fingerprint density at radius 2 is 2.13 bits per heavy atom. The van der Waals surface area contributed by atoms with E-state index in [4.69, 9.17) is 0 Å². The molecule has 1 aromatic heterocycles. The van der Waals surface area contributed by atoms with Crippen molar-refractivity contribution in [2.75, 3.05) is 12.0 Å². The Hall–Kier alpha value is -0.390. The largest absolute Gasteiger partial charge is 0.306 e. The molecule has 0 saturated heterocycles. The second-order valence-corrected chi connectivity index (χ2v) is 7.06. The maximum absolute atomic E-state index is 11.1. The van der Waals surface area contributed by atoms with Gasteiger partial charge in [0.25, 0.3) is 0 Å². The summed E-state index contributed by atoms with van der Waals surface area (Å²) in [7, 11) is -2.90. The number of thiophene rings is 1. The lowest BCUT2D eigenvalue weighted by atomic mass is 10.2. The molecule has 1 heterocycles. The summed E-state index contributed by atoms with van der Waals surface area (Å²) < 4.78 is 22.1. The molecule has 0 aliphatic rings. The van der Waals surface area contributed by atoms with Crippen LogP contribution >= 0.6 is 11.3 Å². The Morgan fingerprint density at radius 3 is 2.60 bits per heavy atom. The summed E-state index contributed by atoms with van der Waals surface area (Å²) in [6, 6.07) is 4.24. The Labute approximate surface area is 95.4 Å². The zero-order valence-corrected chi connectivity index (χ0v) is 10.9. The maximum atomic E-state index is 11.1. The van der Waals surface area contributed by atoms with Crippen LogP contribution in [0, 0.1) is 0 Å². The Balaban J connectivity index is 2.49. The number of nitrogens with one attached hydrogen (secondary N) is 1. The summed E-state index contributed by atoms with van der Waals surface area (Å²) in [5.74, 6) is 0.183. The fourth-order valence-electron chi connectivity index (χ4n) is 1.55. The summed E-state index contributed by atoms with van der Waals surface area (Å²) in [5, 5.41) is 5.29. The van der Waals surface area contributed by atoms with Crippen LogP contribution in [0.5, 0.6) is 0 Å². The highest BCUT2D eigenvalue weighted by Gasteiger charge is 2.14. The third-order valence-corrected chi connectivity index (χ3v) is 4.22. The first kappa shape index (κ1) is 12.7. The molecule has 1 aromatic rings. The van der Waals surface area contributed by atoms with Gasteiger partial charge in [-0.15, -0.1) is 11.3 Å². The van der Waals surface area contributed by atoms with E-state index in [1.807, 2.05) is 25.3 Å². The first-order chi connectivity index (χ1) is 6.88. The van der Waals surface area contributed by atoms with Gasteiger partial charge >= 0.3 is 0 Å². The van der Waals surface area contributed by atoms with Crippen LogP contribution < -0.4 is 5.32 Å². The maximum Gasteiger partial charge on any atom is 0.148 e. The van der Waals surface area contributed by atoms with E-state index in [1.54, 1.807) is 11.3 Å². The fraction of sp³-hybridized carbons (Fsp3) is 0.600. The van der Waals surface area contributed by atoms with Crippen molar-refractivity contribution in [3.05, 3.63) is 22.4 Å². The van der Waals surface area contributed by atoms with Crippen molar-refractivity contribution < 1.29 is 8.42 Å². The van der Waals surface area contributed by atoms with E-state index >= 15 is 0 Å². The summed E-state index contributed by atoms with van der Waals surface area (Å²) in [6.07, 6.45) is 1.26. The number of hydrogen-bond acceptors (Lipinski definition) is 4. The molecule has 1 rings (SSSR count). The van der Waals surface area contributed by atoms with Crippen LogP contribution in [-0.2, 0) is 9.84 Å². The summed E-state index contributed by atoms with van der Waals surface area (Å²) in [5.41, 5.74) is 0. The second-order valence-electron chi connectivity index (χ2n) is 3.90. The predicted octanol–water partition coefficient (Wildman–Crippen LogP) is 1.83. The van der Waals surface area contributed by atoms with Crippen LogP contribution in [0.3, 0.4) is 0 Å². The van der Waals surface area contributed by atoms with Gasteiger partial charge in [0.2, 0.25) is 0 Å². The lowest BCUT2D eigenvalue weighted by Gasteiger charge is -2.18. The first-order valence-electron chi connectivity index (χ1n) is 4.85. The molecule has 0 aliphatic carbocycles. The van der Waals surface area contributed by atoms with Crippen LogP contribution in [-0.4, -0.2) is 26.5 Å². The highest BCUT2D eigenvalue weighted by atomic mass is 32.2. The fourth-order valence-corrected chi connectivity index (χ4v) is 3.30. The van der Waals surface area contributed by atoms with Crippen LogP contribution in [0.2, 0.25) is 0 Å². The molecule has 86 valence electrons. The van der Waals surface area contributed by atoms with E-state index in [0.717, 1.165) is 0 Å². The molecule has 2 atom stereocenters. The Kier molecular flexibility index (Phi) is 4.31. The van der Waals surface area contributed by atoms with Gasteiger partial charge < -0.3 is 5.32 Å². The van der Waals surface area contributed by atoms with Crippen LogP contribution in [0.4, 0.5) is 0 Å². The van der Waals surface area contributed by atoms with Gasteiger partial charge in [0.1, 0.15) is 9.84 Å². The van der Waals surface area contributed by atoms with Gasteiger partial charge in [-0.05, 0) is 25.3 Å². The third kappa shape index (κ3) is 4.77. The van der Waals surface area contributed by atoms with Gasteiger partial charge in [-0.2, -0.15) is 0 Å². The molecule has 2 unspecified atom stereocenters. The monoisotopic (exact) mass is 247 g/mol. The van der Waals surface area contributed by atoms with Crippen molar-refractivity contribution in [1.82, 2.24) is 5.32 Å². The van der Waals surface area contributed by atoms with Crippen molar-refractivity contribution in [2.24, 2.45) is 0 Å². The molecule has 0 saturated carbocycles. The minimum absolute atomic E-state index is 0.0166. The van der Waals surface area contributed by atoms with Gasteiger partial charge in [0.05, 0.1) is 5.75 Å². The van der Waals surface area contributed by atoms with Gasteiger partial charge in [-0.3, -0.25) is 0 Å². The van der Waals surface area contributed by atoms with Crippen molar-refractivity contribution >= 4 is 21.2 Å². The molecule has 0 aliphatic heterocycles. The zero-order valence-electron chi connectivity index (χ0n) is 9.23. The zero-order chi connectivity index (χ0) is 11.5. The molecule has 0 fully saturated rings. The van der Waals surface area contributed by atoms with Crippen molar-refractivity contribution in [3.8, 4) is 0 Å². The highest BCUT2D eigenvalue weighted by molar-refractivity contribution is 7.90. The van der Waals surface area contributed by atoms with Gasteiger partial charge in [-0.1, -0.05) is 6.07 Å². The SMILES string of the molecule is CC(CS(C)(=O)=O)NC(C)c1cccs1. The second kappa shape index (κ2) is 5.09. The average molecular weight is 247 g/mol. The van der Waals surface area contributed by atoms with Crippen LogP contribution in [0.15, 0.2) is 17.5 Å². The van der Waals surface area contributed by atoms with Crippen molar-refractivity contribution in [2.45, 2.75) is 25.9 Å². The van der Waals surface area contributed by atoms with Gasteiger partial charge in [-0.25, -0.2) is 8.42 Å². The smallest absolute Gasteiger partial charge is 0.148 e. The van der Waals surface area contributed by atoms with E-state index in [2.05, 4.69) is 11.4 Å². The Morgan fingerprint density at radius 1 is 1.47 bits per heavy atom. The predicted molar refractivity (Wildman–Crippen MR) is 65.0 cm³/mol. The van der Waals surface area contributed by atoms with E-state index in [-0.39, 0.29) is 17.8 Å². The lowest BCUT2D eigenvalue weighted by Crippen LogP contribution is -2.34. The number of hydrogen-bond donors (Lipinski definition) is 1. The molecule has 0 amide bonds. The molecule has 0 spiro atoms. The quantitative estimate of drug-likeness (QED) is 0.863. The average Bonchev–Trinajstić information content (AvgIpc) is 2.50. The highest BCUT2D eigenvalue weighted by Crippen LogP contribution is 2.18. The summed E-state index contributed by atoms with van der Waals surface area (Å²) >= 11 is 1.68. The van der Waals surface area contributed by atoms with Crippen LogP contribution in [0.25, 0.3) is 0 Å². The molecular weight excluding hydrogens is 230 g/mol. The Bertz CT molecular complexity index is 384. The van der Waals surface area contributed by atoms with Crippen molar-refractivity contribution in [1.29, 1.82) is 0 Å². The number of sulfone groups is 1. The summed E-state index contributed by atoms with van der Waals surface area (Å²) in [6.45, 7) is 3.94.